The Kier molecular flexibility index (Phi) is 5.94. The van der Waals surface area contributed by atoms with Gasteiger partial charge < -0.3 is 10.1 Å². The number of ether oxygens (including phenoxy) is 1. The highest BCUT2D eigenvalue weighted by molar-refractivity contribution is 7.99. The van der Waals surface area contributed by atoms with Crippen molar-refractivity contribution in [3.05, 3.63) is 66.2 Å². The maximum Gasteiger partial charge on any atom is 0.234 e. The van der Waals surface area contributed by atoms with Crippen molar-refractivity contribution in [3.8, 4) is 17.0 Å². The van der Waals surface area contributed by atoms with E-state index in [1.165, 1.54) is 11.8 Å². The lowest BCUT2D eigenvalue weighted by Crippen LogP contribution is -2.14. The zero-order chi connectivity index (χ0) is 20.9. The maximum atomic E-state index is 12.3. The number of thioether (sulfide) groups is 1. The van der Waals surface area contributed by atoms with E-state index >= 15 is 0 Å². The van der Waals surface area contributed by atoms with E-state index in [9.17, 15) is 4.79 Å². The molecule has 1 amide bonds. The number of benzene rings is 2. The van der Waals surface area contributed by atoms with Crippen LogP contribution in [0.3, 0.4) is 0 Å². The Hall–Kier alpha value is -3.39. The van der Waals surface area contributed by atoms with Gasteiger partial charge in [0, 0.05) is 11.3 Å². The minimum absolute atomic E-state index is 0.106. The molecule has 0 atom stereocenters. The van der Waals surface area contributed by atoms with Crippen LogP contribution in [0.5, 0.6) is 5.75 Å². The largest absolute Gasteiger partial charge is 0.494 e. The molecular formula is C22H21N5O2S. The summed E-state index contributed by atoms with van der Waals surface area (Å²) in [5.41, 5.74) is 4.25. The number of nitrogens with zero attached hydrogens (tertiary/aromatic N) is 4. The summed E-state index contributed by atoms with van der Waals surface area (Å²) in [6, 6.07) is 19.2. The topological polar surface area (TPSA) is 81.4 Å². The molecule has 2 heterocycles. The molecule has 0 unspecified atom stereocenters. The van der Waals surface area contributed by atoms with Gasteiger partial charge in [0.1, 0.15) is 5.75 Å². The van der Waals surface area contributed by atoms with Gasteiger partial charge in [-0.25, -0.2) is 0 Å². The van der Waals surface area contributed by atoms with Gasteiger partial charge in [-0.2, -0.15) is 9.61 Å². The minimum Gasteiger partial charge on any atom is -0.494 e. The number of anilines is 1. The number of hydrogen-bond donors (Lipinski definition) is 1. The third kappa shape index (κ3) is 4.60. The molecule has 4 rings (SSSR count). The quantitative estimate of drug-likeness (QED) is 0.452. The van der Waals surface area contributed by atoms with Crippen molar-refractivity contribution in [1.29, 1.82) is 0 Å². The van der Waals surface area contributed by atoms with Crippen molar-refractivity contribution >= 4 is 29.0 Å². The van der Waals surface area contributed by atoms with E-state index in [0.29, 0.717) is 17.4 Å². The van der Waals surface area contributed by atoms with Crippen LogP contribution in [0.4, 0.5) is 5.69 Å². The number of aromatic nitrogens is 4. The Balaban J connectivity index is 1.48. The molecule has 7 nitrogen and oxygen atoms in total. The maximum absolute atomic E-state index is 12.3. The zero-order valence-corrected chi connectivity index (χ0v) is 17.5. The molecule has 0 aliphatic rings. The van der Waals surface area contributed by atoms with Gasteiger partial charge in [0.25, 0.3) is 0 Å². The van der Waals surface area contributed by atoms with Crippen molar-refractivity contribution in [1.82, 2.24) is 19.8 Å². The molecule has 4 aromatic rings. The summed E-state index contributed by atoms with van der Waals surface area (Å²) in [5, 5.41) is 16.4. The van der Waals surface area contributed by atoms with Crippen molar-refractivity contribution in [2.45, 2.75) is 19.0 Å². The van der Waals surface area contributed by atoms with Crippen LogP contribution in [0, 0.1) is 6.92 Å². The first-order valence-electron chi connectivity index (χ1n) is 9.57. The van der Waals surface area contributed by atoms with E-state index < -0.39 is 0 Å². The third-order valence-electron chi connectivity index (χ3n) is 4.33. The molecule has 0 fully saturated rings. The van der Waals surface area contributed by atoms with Crippen LogP contribution in [-0.2, 0) is 4.79 Å². The van der Waals surface area contributed by atoms with Crippen molar-refractivity contribution in [2.75, 3.05) is 17.7 Å². The Morgan fingerprint density at radius 1 is 1.10 bits per heavy atom. The number of carbonyl (C=O) groups is 1. The predicted octanol–water partition coefficient (Wildman–Crippen LogP) is 4.23. The minimum atomic E-state index is -0.106. The van der Waals surface area contributed by atoms with Gasteiger partial charge in [0.15, 0.2) is 5.65 Å². The summed E-state index contributed by atoms with van der Waals surface area (Å²) in [6.07, 6.45) is 0. The molecular weight excluding hydrogens is 398 g/mol. The van der Waals surface area contributed by atoms with Crippen LogP contribution in [-0.4, -0.2) is 38.1 Å². The molecule has 152 valence electrons. The van der Waals surface area contributed by atoms with Crippen LogP contribution in [0.2, 0.25) is 0 Å². The highest BCUT2D eigenvalue weighted by Gasteiger charge is 2.12. The lowest BCUT2D eigenvalue weighted by atomic mass is 10.1. The summed E-state index contributed by atoms with van der Waals surface area (Å²) < 4.78 is 7.15. The van der Waals surface area contributed by atoms with Gasteiger partial charge in [-0.15, -0.1) is 10.2 Å². The molecule has 2 aromatic carbocycles. The van der Waals surface area contributed by atoms with E-state index in [2.05, 4.69) is 20.6 Å². The zero-order valence-electron chi connectivity index (χ0n) is 16.7. The normalized spacial score (nSPS) is 10.9. The van der Waals surface area contributed by atoms with E-state index in [1.54, 1.807) is 4.52 Å². The highest BCUT2D eigenvalue weighted by Crippen LogP contribution is 2.23. The Labute approximate surface area is 178 Å². The number of amides is 1. The molecule has 0 saturated heterocycles. The van der Waals surface area contributed by atoms with Crippen LogP contribution in [0.1, 0.15) is 12.5 Å². The number of nitrogens with one attached hydrogen (secondary N) is 1. The van der Waals surface area contributed by atoms with Gasteiger partial charge in [-0.05, 0) is 67.9 Å². The molecule has 0 aliphatic heterocycles. The highest BCUT2D eigenvalue weighted by atomic mass is 32.2. The molecule has 0 bridgehead atoms. The molecule has 2 aromatic heterocycles. The monoisotopic (exact) mass is 419 g/mol. The van der Waals surface area contributed by atoms with Gasteiger partial charge in [0.05, 0.1) is 18.1 Å². The first-order valence-corrected chi connectivity index (χ1v) is 10.6. The second-order valence-electron chi connectivity index (χ2n) is 6.63. The number of aryl methyl sites for hydroxylation is 1. The van der Waals surface area contributed by atoms with E-state index in [4.69, 9.17) is 4.74 Å². The number of carbonyl (C=O) groups excluding carboxylic acids is 1. The van der Waals surface area contributed by atoms with E-state index in [-0.39, 0.29) is 11.7 Å². The summed E-state index contributed by atoms with van der Waals surface area (Å²) in [5.74, 6) is 0.927. The molecule has 8 heteroatoms. The first kappa shape index (κ1) is 19.9. The summed E-state index contributed by atoms with van der Waals surface area (Å²) in [6.45, 7) is 4.57. The fourth-order valence-corrected chi connectivity index (χ4v) is 3.64. The molecule has 1 N–H and O–H groups in total. The Bertz CT molecular complexity index is 1170. The Morgan fingerprint density at radius 3 is 2.70 bits per heavy atom. The molecule has 0 spiro atoms. The van der Waals surface area contributed by atoms with Crippen LogP contribution in [0.15, 0.2) is 65.8 Å². The number of fused-ring (bicyclic) bond motifs is 1. The first-order chi connectivity index (χ1) is 14.6. The van der Waals surface area contributed by atoms with E-state index in [1.807, 2.05) is 74.5 Å². The van der Waals surface area contributed by atoms with Crippen LogP contribution < -0.4 is 10.1 Å². The van der Waals surface area contributed by atoms with Crippen molar-refractivity contribution in [2.24, 2.45) is 0 Å². The SMILES string of the molecule is CCOc1ccc(-c2ccc3nnc(SCC(=O)Nc4cccc(C)c4)n3n2)cc1. The lowest BCUT2D eigenvalue weighted by Gasteiger charge is -2.06. The van der Waals surface area contributed by atoms with Crippen LogP contribution >= 0.6 is 11.8 Å². The number of rotatable bonds is 7. The predicted molar refractivity (Wildman–Crippen MR) is 118 cm³/mol. The van der Waals surface area contributed by atoms with Crippen LogP contribution in [0.25, 0.3) is 16.9 Å². The smallest absolute Gasteiger partial charge is 0.234 e. The second-order valence-corrected chi connectivity index (χ2v) is 7.58. The molecule has 0 aliphatic carbocycles. The standard InChI is InChI=1S/C22H21N5O2S/c1-3-29-18-9-7-16(8-10-18)19-11-12-20-24-25-22(27(20)26-19)30-14-21(28)23-17-6-4-5-15(2)13-17/h4-13H,3,14H2,1-2H3,(H,23,28). The summed E-state index contributed by atoms with van der Waals surface area (Å²) >= 11 is 1.30. The van der Waals surface area contributed by atoms with Crippen molar-refractivity contribution in [3.63, 3.8) is 0 Å². The van der Waals surface area contributed by atoms with Gasteiger partial charge >= 0.3 is 0 Å². The Morgan fingerprint density at radius 2 is 1.93 bits per heavy atom. The molecule has 0 radical (unpaired) electrons. The van der Waals surface area contributed by atoms with Crippen molar-refractivity contribution < 1.29 is 9.53 Å². The summed E-state index contributed by atoms with van der Waals surface area (Å²) in [7, 11) is 0. The lowest BCUT2D eigenvalue weighted by molar-refractivity contribution is -0.113. The van der Waals surface area contributed by atoms with Gasteiger partial charge in [-0.3, -0.25) is 4.79 Å². The summed E-state index contributed by atoms with van der Waals surface area (Å²) in [4.78, 5) is 12.3. The average molecular weight is 420 g/mol. The average Bonchev–Trinajstić information content (AvgIpc) is 3.15. The second kappa shape index (κ2) is 8.96. The van der Waals surface area contributed by atoms with Gasteiger partial charge in [0.2, 0.25) is 11.1 Å². The third-order valence-corrected chi connectivity index (χ3v) is 5.25. The molecule has 30 heavy (non-hydrogen) atoms. The fraction of sp³-hybridized carbons (Fsp3) is 0.182. The molecule has 0 saturated carbocycles. The fourth-order valence-electron chi connectivity index (χ4n) is 2.95. The van der Waals surface area contributed by atoms with E-state index in [0.717, 1.165) is 28.3 Å². The number of hydrogen-bond acceptors (Lipinski definition) is 6. The van der Waals surface area contributed by atoms with Gasteiger partial charge in [-0.1, -0.05) is 23.9 Å².